The highest BCUT2D eigenvalue weighted by Gasteiger charge is 2.25. The Labute approximate surface area is 140 Å². The Kier molecular flexibility index (Phi) is 6.71. The average molecular weight is 356 g/mol. The van der Waals surface area contributed by atoms with Crippen LogP contribution in [0.4, 0.5) is 5.69 Å². The number of nitrogens with zero attached hydrogens (tertiary/aromatic N) is 1. The number of hydrogen-bond acceptors (Lipinski definition) is 5. The number of rotatable bonds is 8. The summed E-state index contributed by atoms with van der Waals surface area (Å²) in [5.41, 5.74) is 5.35. The maximum Gasteiger partial charge on any atom is 0.242 e. The van der Waals surface area contributed by atoms with E-state index < -0.39 is 46.8 Å². The Morgan fingerprint density at radius 1 is 1.21 bits per heavy atom. The van der Waals surface area contributed by atoms with Gasteiger partial charge in [0.15, 0.2) is 0 Å². The van der Waals surface area contributed by atoms with Crippen molar-refractivity contribution in [2.45, 2.75) is 12.5 Å². The molecule has 0 aliphatic heterocycles. The molecule has 0 radical (unpaired) electrons. The van der Waals surface area contributed by atoms with Crippen LogP contribution in [0.3, 0.4) is 0 Å². The van der Waals surface area contributed by atoms with Crippen LogP contribution in [0.2, 0.25) is 0 Å². The van der Waals surface area contributed by atoms with E-state index in [1.165, 1.54) is 19.2 Å². The van der Waals surface area contributed by atoms with Gasteiger partial charge in [-0.15, -0.1) is 0 Å². The van der Waals surface area contributed by atoms with E-state index in [0.29, 0.717) is 5.69 Å². The summed E-state index contributed by atoms with van der Waals surface area (Å²) in [7, 11) is -2.37. The topological polar surface area (TPSA) is 139 Å². The molecule has 0 spiro atoms. The van der Waals surface area contributed by atoms with Gasteiger partial charge in [-0.3, -0.25) is 18.7 Å². The van der Waals surface area contributed by atoms with Gasteiger partial charge in [0.2, 0.25) is 27.7 Å². The number of carbonyl (C=O) groups is 3. The first-order chi connectivity index (χ1) is 11.1. The lowest BCUT2D eigenvalue weighted by Crippen LogP contribution is -2.51. The Hall–Kier alpha value is -2.62. The first-order valence-corrected chi connectivity index (χ1v) is 8.82. The minimum absolute atomic E-state index is 0.307. The van der Waals surface area contributed by atoms with E-state index in [1.807, 2.05) is 0 Å². The van der Waals surface area contributed by atoms with Crippen molar-refractivity contribution in [3.8, 4) is 0 Å². The first kappa shape index (κ1) is 19.4. The van der Waals surface area contributed by atoms with Gasteiger partial charge in [-0.25, -0.2) is 8.42 Å². The van der Waals surface area contributed by atoms with E-state index in [2.05, 4.69) is 10.6 Å². The van der Waals surface area contributed by atoms with Crippen LogP contribution in [-0.4, -0.2) is 52.0 Å². The number of primary amides is 1. The van der Waals surface area contributed by atoms with Crippen LogP contribution in [0, 0.1) is 0 Å². The fraction of sp³-hybridized carbons (Fsp3) is 0.357. The lowest BCUT2D eigenvalue weighted by molar-refractivity contribution is -0.130. The summed E-state index contributed by atoms with van der Waals surface area (Å²) in [6, 6.07) is 6.87. The minimum Gasteiger partial charge on any atom is -0.370 e. The van der Waals surface area contributed by atoms with Crippen LogP contribution in [0.15, 0.2) is 30.3 Å². The monoisotopic (exact) mass is 356 g/mol. The molecule has 132 valence electrons. The van der Waals surface area contributed by atoms with Gasteiger partial charge < -0.3 is 16.4 Å². The number of likely N-dealkylation sites (N-methyl/N-ethyl adjacent to an activating group) is 1. The number of nitrogens with two attached hydrogens (primary N) is 1. The van der Waals surface area contributed by atoms with E-state index in [9.17, 15) is 22.8 Å². The molecule has 1 aromatic rings. The summed E-state index contributed by atoms with van der Waals surface area (Å²) in [6.07, 6.45) is 0.572. The molecular formula is C14H20N4O5S. The Morgan fingerprint density at radius 2 is 1.79 bits per heavy atom. The highest BCUT2D eigenvalue weighted by molar-refractivity contribution is 7.92. The number of carbonyl (C=O) groups excluding carboxylic acids is 3. The maximum atomic E-state index is 12.1. The zero-order valence-electron chi connectivity index (χ0n) is 13.4. The van der Waals surface area contributed by atoms with Crippen molar-refractivity contribution in [1.29, 1.82) is 0 Å². The van der Waals surface area contributed by atoms with Gasteiger partial charge in [0, 0.05) is 7.05 Å². The van der Waals surface area contributed by atoms with E-state index >= 15 is 0 Å². The van der Waals surface area contributed by atoms with Gasteiger partial charge in [-0.1, -0.05) is 18.2 Å². The van der Waals surface area contributed by atoms with Crippen molar-refractivity contribution in [3.63, 3.8) is 0 Å². The molecule has 0 bridgehead atoms. The highest BCUT2D eigenvalue weighted by Crippen LogP contribution is 2.16. The van der Waals surface area contributed by atoms with Crippen molar-refractivity contribution < 1.29 is 22.8 Å². The summed E-state index contributed by atoms with van der Waals surface area (Å²) in [5, 5.41) is 4.61. The number of anilines is 1. The molecule has 0 saturated heterocycles. The summed E-state index contributed by atoms with van der Waals surface area (Å²) in [5.74, 6) is -2.11. The molecule has 1 aromatic carbocycles. The molecule has 0 heterocycles. The number of amides is 3. The Balaban J connectivity index is 2.92. The molecule has 9 nitrogen and oxygen atoms in total. The lowest BCUT2D eigenvalue weighted by Gasteiger charge is -2.23. The van der Waals surface area contributed by atoms with Gasteiger partial charge >= 0.3 is 0 Å². The second-order valence-electron chi connectivity index (χ2n) is 5.01. The molecular weight excluding hydrogens is 336 g/mol. The third kappa shape index (κ3) is 5.88. The Bertz CT molecular complexity index is 705. The van der Waals surface area contributed by atoms with Gasteiger partial charge in [-0.2, -0.15) is 0 Å². The summed E-state index contributed by atoms with van der Waals surface area (Å²) in [6.45, 7) is -0.533. The molecule has 1 atom stereocenters. The van der Waals surface area contributed by atoms with Crippen molar-refractivity contribution in [2.75, 3.05) is 24.2 Å². The molecule has 0 saturated carbocycles. The van der Waals surface area contributed by atoms with E-state index in [4.69, 9.17) is 5.73 Å². The zero-order valence-corrected chi connectivity index (χ0v) is 14.2. The second-order valence-corrected chi connectivity index (χ2v) is 6.92. The van der Waals surface area contributed by atoms with E-state index in [1.54, 1.807) is 18.2 Å². The molecule has 0 fully saturated rings. The predicted octanol–water partition coefficient (Wildman–Crippen LogP) is -1.44. The van der Waals surface area contributed by atoms with Crippen molar-refractivity contribution >= 4 is 33.4 Å². The largest absolute Gasteiger partial charge is 0.370 e. The van der Waals surface area contributed by atoms with Crippen LogP contribution < -0.4 is 20.7 Å². The number of hydrogen-bond donors (Lipinski definition) is 3. The number of sulfonamides is 1. The van der Waals surface area contributed by atoms with Crippen molar-refractivity contribution in [2.24, 2.45) is 5.73 Å². The highest BCUT2D eigenvalue weighted by atomic mass is 32.2. The normalized spacial score (nSPS) is 12.1. The maximum absolute atomic E-state index is 12.1. The minimum atomic E-state index is -3.72. The predicted molar refractivity (Wildman–Crippen MR) is 88.4 cm³/mol. The van der Waals surface area contributed by atoms with Crippen LogP contribution in [0.5, 0.6) is 0 Å². The lowest BCUT2D eigenvalue weighted by atomic mass is 10.2. The molecule has 0 unspecified atom stereocenters. The quantitative estimate of drug-likeness (QED) is 0.523. The first-order valence-electron chi connectivity index (χ1n) is 6.97. The average Bonchev–Trinajstić information content (AvgIpc) is 2.50. The van der Waals surface area contributed by atoms with Crippen LogP contribution in [0.1, 0.15) is 6.42 Å². The zero-order chi connectivity index (χ0) is 18.3. The Morgan fingerprint density at radius 3 is 2.25 bits per heavy atom. The van der Waals surface area contributed by atoms with E-state index in [-0.39, 0.29) is 0 Å². The summed E-state index contributed by atoms with van der Waals surface area (Å²) < 4.78 is 24.7. The fourth-order valence-corrected chi connectivity index (χ4v) is 2.81. The van der Waals surface area contributed by atoms with Crippen molar-refractivity contribution in [3.05, 3.63) is 30.3 Å². The van der Waals surface area contributed by atoms with Crippen LogP contribution >= 0.6 is 0 Å². The number of nitrogens with one attached hydrogen (secondary N) is 2. The van der Waals surface area contributed by atoms with E-state index in [0.717, 1.165) is 10.6 Å². The molecule has 0 aromatic heterocycles. The molecule has 1 rings (SSSR count). The third-order valence-corrected chi connectivity index (χ3v) is 4.18. The fourth-order valence-electron chi connectivity index (χ4n) is 1.95. The SMILES string of the molecule is CNC(=O)[C@H](CC(N)=O)NC(=O)CN(c1ccccc1)S(C)(=O)=O. The number of benzene rings is 1. The van der Waals surface area contributed by atoms with Gasteiger partial charge in [-0.05, 0) is 12.1 Å². The van der Waals surface area contributed by atoms with Gasteiger partial charge in [0.25, 0.3) is 0 Å². The standard InChI is InChI=1S/C14H20N4O5S/c1-16-14(21)11(8-12(15)19)17-13(20)9-18(24(2,22)23)10-6-4-3-5-7-10/h3-7,11H,8-9H2,1-2H3,(H2,15,19)(H,16,21)(H,17,20)/t11-/m0/s1. The molecule has 3 amide bonds. The molecule has 4 N–H and O–H groups in total. The summed E-state index contributed by atoms with van der Waals surface area (Å²) >= 11 is 0. The molecule has 0 aliphatic rings. The van der Waals surface area contributed by atoms with Crippen LogP contribution in [0.25, 0.3) is 0 Å². The van der Waals surface area contributed by atoms with Crippen LogP contribution in [-0.2, 0) is 24.4 Å². The van der Waals surface area contributed by atoms with Gasteiger partial charge in [0.1, 0.15) is 12.6 Å². The summed E-state index contributed by atoms with van der Waals surface area (Å²) in [4.78, 5) is 34.8. The van der Waals surface area contributed by atoms with Gasteiger partial charge in [0.05, 0.1) is 18.4 Å². The third-order valence-electron chi connectivity index (χ3n) is 3.04. The number of para-hydroxylation sites is 1. The molecule has 10 heteroatoms. The van der Waals surface area contributed by atoms with Crippen molar-refractivity contribution in [1.82, 2.24) is 10.6 Å². The smallest absolute Gasteiger partial charge is 0.242 e. The second kappa shape index (κ2) is 8.29. The molecule has 0 aliphatic carbocycles. The molecule has 24 heavy (non-hydrogen) atoms.